The lowest BCUT2D eigenvalue weighted by Crippen LogP contribution is -2.48. The van der Waals surface area contributed by atoms with Crippen LogP contribution >= 0.6 is 0 Å². The van der Waals surface area contributed by atoms with Crippen molar-refractivity contribution in [2.75, 3.05) is 12.4 Å². The second kappa shape index (κ2) is 5.35. The zero-order valence-electron chi connectivity index (χ0n) is 12.1. The molecule has 0 saturated carbocycles. The highest BCUT2D eigenvalue weighted by Crippen LogP contribution is 2.37. The standard InChI is InChI=1S/C15H20O5S/c1-9-3-5-11(6-4-9)21(17,18)8-12-14(16)10(2)13-7-19-15(12)20-13/h3-6,10,12-16H,7-8H2,1-2H3/t10-,12-,13+,14+,15+/m1/s1. The fourth-order valence-corrected chi connectivity index (χ4v) is 4.59. The van der Waals surface area contributed by atoms with Gasteiger partial charge in [-0.15, -0.1) is 0 Å². The number of aliphatic hydroxyl groups is 1. The summed E-state index contributed by atoms with van der Waals surface area (Å²) in [5.74, 6) is -0.842. The Morgan fingerprint density at radius 3 is 2.62 bits per heavy atom. The molecule has 6 heteroatoms. The maximum absolute atomic E-state index is 12.5. The highest BCUT2D eigenvalue weighted by Gasteiger charge is 2.49. The van der Waals surface area contributed by atoms with E-state index in [4.69, 9.17) is 9.47 Å². The quantitative estimate of drug-likeness (QED) is 0.906. The monoisotopic (exact) mass is 312 g/mol. The molecule has 0 radical (unpaired) electrons. The zero-order chi connectivity index (χ0) is 15.2. The Labute approximate surface area is 124 Å². The van der Waals surface area contributed by atoms with E-state index in [1.165, 1.54) is 0 Å². The third-order valence-electron chi connectivity index (χ3n) is 4.44. The third kappa shape index (κ3) is 2.73. The van der Waals surface area contributed by atoms with E-state index in [9.17, 15) is 13.5 Å². The molecular weight excluding hydrogens is 292 g/mol. The van der Waals surface area contributed by atoms with Gasteiger partial charge in [-0.2, -0.15) is 0 Å². The molecule has 1 aromatic rings. The van der Waals surface area contributed by atoms with Crippen LogP contribution in [0.25, 0.3) is 0 Å². The van der Waals surface area contributed by atoms with Crippen LogP contribution in [0.15, 0.2) is 29.2 Å². The second-order valence-electron chi connectivity index (χ2n) is 5.98. The summed E-state index contributed by atoms with van der Waals surface area (Å²) in [7, 11) is -3.48. The van der Waals surface area contributed by atoms with Crippen molar-refractivity contribution in [1.29, 1.82) is 0 Å². The van der Waals surface area contributed by atoms with Gasteiger partial charge in [0.15, 0.2) is 16.1 Å². The molecule has 1 N–H and O–H groups in total. The normalized spacial score (nSPS) is 35.9. The van der Waals surface area contributed by atoms with Crippen LogP contribution in [-0.2, 0) is 19.3 Å². The third-order valence-corrected chi connectivity index (χ3v) is 6.25. The van der Waals surface area contributed by atoms with Crippen LogP contribution in [0.5, 0.6) is 0 Å². The molecule has 2 heterocycles. The zero-order valence-corrected chi connectivity index (χ0v) is 12.9. The topological polar surface area (TPSA) is 72.8 Å². The Kier molecular flexibility index (Phi) is 3.81. The van der Waals surface area contributed by atoms with E-state index in [-0.39, 0.29) is 22.7 Å². The molecule has 2 aliphatic rings. The van der Waals surface area contributed by atoms with E-state index in [1.54, 1.807) is 24.3 Å². The Bertz CT molecular complexity index is 609. The SMILES string of the molecule is Cc1ccc(S(=O)(=O)C[C@H]2[C@H]3OC[C@H](O3)[C@@H](C)[C@@H]2O)cc1. The lowest BCUT2D eigenvalue weighted by Gasteiger charge is -2.36. The average Bonchev–Trinajstić information content (AvgIpc) is 2.89. The van der Waals surface area contributed by atoms with Gasteiger partial charge in [0.25, 0.3) is 0 Å². The molecule has 2 aliphatic heterocycles. The van der Waals surface area contributed by atoms with Crippen LogP contribution < -0.4 is 0 Å². The first-order chi connectivity index (χ1) is 9.88. The van der Waals surface area contributed by atoms with Crippen molar-refractivity contribution in [3.63, 3.8) is 0 Å². The molecular formula is C15H20O5S. The van der Waals surface area contributed by atoms with Gasteiger partial charge in [0, 0.05) is 5.92 Å². The molecule has 116 valence electrons. The van der Waals surface area contributed by atoms with Gasteiger partial charge in [0.2, 0.25) is 0 Å². The average molecular weight is 312 g/mol. The Morgan fingerprint density at radius 2 is 1.95 bits per heavy atom. The minimum atomic E-state index is -3.48. The lowest BCUT2D eigenvalue weighted by molar-refractivity contribution is -0.174. The first-order valence-electron chi connectivity index (χ1n) is 7.13. The van der Waals surface area contributed by atoms with Gasteiger partial charge >= 0.3 is 0 Å². The van der Waals surface area contributed by atoms with E-state index in [0.29, 0.717) is 6.61 Å². The highest BCUT2D eigenvalue weighted by molar-refractivity contribution is 7.91. The van der Waals surface area contributed by atoms with Gasteiger partial charge in [-0.25, -0.2) is 8.42 Å². The van der Waals surface area contributed by atoms with E-state index >= 15 is 0 Å². The maximum Gasteiger partial charge on any atom is 0.178 e. The lowest BCUT2D eigenvalue weighted by atomic mass is 9.87. The molecule has 0 spiro atoms. The molecule has 3 rings (SSSR count). The molecule has 5 atom stereocenters. The summed E-state index contributed by atoms with van der Waals surface area (Å²) in [5.41, 5.74) is 1.01. The van der Waals surface area contributed by atoms with Crippen molar-refractivity contribution in [3.8, 4) is 0 Å². The van der Waals surface area contributed by atoms with E-state index < -0.39 is 28.1 Å². The van der Waals surface area contributed by atoms with Crippen LogP contribution in [0.4, 0.5) is 0 Å². The van der Waals surface area contributed by atoms with Crippen LogP contribution in [0, 0.1) is 18.8 Å². The number of benzene rings is 1. The Morgan fingerprint density at radius 1 is 1.29 bits per heavy atom. The predicted octanol–water partition coefficient (Wildman–Crippen LogP) is 1.14. The summed E-state index contributed by atoms with van der Waals surface area (Å²) in [6.45, 7) is 4.19. The number of ether oxygens (including phenoxy) is 2. The molecule has 2 saturated heterocycles. The summed E-state index contributed by atoms with van der Waals surface area (Å²) < 4.78 is 36.2. The molecule has 0 unspecified atom stereocenters. The Balaban J connectivity index is 1.83. The number of fused-ring (bicyclic) bond motifs is 2. The van der Waals surface area contributed by atoms with E-state index in [1.807, 2.05) is 13.8 Å². The first-order valence-corrected chi connectivity index (χ1v) is 8.78. The van der Waals surface area contributed by atoms with Crippen molar-refractivity contribution < 1.29 is 23.0 Å². The smallest absolute Gasteiger partial charge is 0.178 e. The van der Waals surface area contributed by atoms with Crippen LogP contribution in [0.3, 0.4) is 0 Å². The van der Waals surface area contributed by atoms with Gasteiger partial charge in [-0.05, 0) is 19.1 Å². The maximum atomic E-state index is 12.5. The second-order valence-corrected chi connectivity index (χ2v) is 8.02. The molecule has 21 heavy (non-hydrogen) atoms. The summed E-state index contributed by atoms with van der Waals surface area (Å²) in [6.07, 6.45) is -1.48. The summed E-state index contributed by atoms with van der Waals surface area (Å²) in [5, 5.41) is 10.3. The first kappa shape index (κ1) is 15.0. The van der Waals surface area contributed by atoms with Crippen molar-refractivity contribution in [3.05, 3.63) is 29.8 Å². The molecule has 1 aromatic carbocycles. The number of aryl methyl sites for hydroxylation is 1. The van der Waals surface area contributed by atoms with Crippen molar-refractivity contribution in [2.45, 2.75) is 37.2 Å². The highest BCUT2D eigenvalue weighted by atomic mass is 32.2. The number of hydrogen-bond donors (Lipinski definition) is 1. The summed E-state index contributed by atoms with van der Waals surface area (Å²) in [6, 6.07) is 6.74. The predicted molar refractivity (Wildman–Crippen MR) is 76.5 cm³/mol. The molecule has 2 fully saturated rings. The van der Waals surface area contributed by atoms with Crippen molar-refractivity contribution >= 4 is 9.84 Å². The molecule has 0 aromatic heterocycles. The van der Waals surface area contributed by atoms with Gasteiger partial charge in [0.05, 0.1) is 35.4 Å². The number of hydrogen-bond acceptors (Lipinski definition) is 5. The summed E-state index contributed by atoms with van der Waals surface area (Å²) >= 11 is 0. The minimum absolute atomic E-state index is 0.123. The number of sulfone groups is 1. The molecule has 0 amide bonds. The van der Waals surface area contributed by atoms with E-state index in [2.05, 4.69) is 0 Å². The Hall–Kier alpha value is -0.950. The fraction of sp³-hybridized carbons (Fsp3) is 0.600. The van der Waals surface area contributed by atoms with Crippen molar-refractivity contribution in [2.24, 2.45) is 11.8 Å². The van der Waals surface area contributed by atoms with Gasteiger partial charge in [0.1, 0.15) is 0 Å². The molecule has 0 aliphatic carbocycles. The van der Waals surface area contributed by atoms with Crippen LogP contribution in [0.2, 0.25) is 0 Å². The van der Waals surface area contributed by atoms with Gasteiger partial charge in [-0.3, -0.25) is 0 Å². The van der Waals surface area contributed by atoms with E-state index in [0.717, 1.165) is 5.56 Å². The largest absolute Gasteiger partial charge is 0.392 e. The number of rotatable bonds is 3. The van der Waals surface area contributed by atoms with Gasteiger partial charge in [-0.1, -0.05) is 24.6 Å². The molecule has 2 bridgehead atoms. The fourth-order valence-electron chi connectivity index (χ4n) is 2.98. The van der Waals surface area contributed by atoms with Crippen LogP contribution in [-0.4, -0.2) is 44.4 Å². The number of aliphatic hydroxyl groups excluding tert-OH is 1. The summed E-state index contributed by atoms with van der Waals surface area (Å²) in [4.78, 5) is 0.271. The molecule has 5 nitrogen and oxygen atoms in total. The van der Waals surface area contributed by atoms with Crippen molar-refractivity contribution in [1.82, 2.24) is 0 Å². The van der Waals surface area contributed by atoms with Crippen LogP contribution in [0.1, 0.15) is 12.5 Å². The minimum Gasteiger partial charge on any atom is -0.392 e. The van der Waals surface area contributed by atoms with Gasteiger partial charge < -0.3 is 14.6 Å².